The number of fused-ring (bicyclic) bond motifs is 2. The highest BCUT2D eigenvalue weighted by Gasteiger charge is 2.42. The fourth-order valence-electron chi connectivity index (χ4n) is 4.18. The maximum atomic E-state index is 13.7. The second-order valence-electron chi connectivity index (χ2n) is 6.57. The Kier molecular flexibility index (Phi) is 4.21. The normalized spacial score (nSPS) is 28.6. The highest BCUT2D eigenvalue weighted by molar-refractivity contribution is 6.31. The molecule has 0 saturated heterocycles. The van der Waals surface area contributed by atoms with Crippen LogP contribution in [0.25, 0.3) is 0 Å². The lowest BCUT2D eigenvalue weighted by atomic mass is 9.84. The molecule has 21 heavy (non-hydrogen) atoms. The van der Waals surface area contributed by atoms with Crippen LogP contribution in [-0.4, -0.2) is 11.9 Å². The third-order valence-electron chi connectivity index (χ3n) is 5.22. The predicted molar refractivity (Wildman–Crippen MR) is 81.7 cm³/mol. The Morgan fingerprint density at radius 3 is 2.86 bits per heavy atom. The first-order valence-electron chi connectivity index (χ1n) is 7.77. The van der Waals surface area contributed by atoms with E-state index in [1.165, 1.54) is 31.7 Å². The molecule has 114 valence electrons. The standard InChI is InChI=1S/C17H21ClFNO/c1-10(13-8-11-5-6-12(13)7-11)20-17(21)9-14-15(18)3-2-4-16(14)19/h2-4,10-13H,5-9H2,1H3,(H,20,21). The molecule has 1 N–H and O–H groups in total. The second kappa shape index (κ2) is 5.96. The van der Waals surface area contributed by atoms with Gasteiger partial charge >= 0.3 is 0 Å². The van der Waals surface area contributed by atoms with Crippen LogP contribution in [-0.2, 0) is 11.2 Å². The minimum Gasteiger partial charge on any atom is -0.353 e. The van der Waals surface area contributed by atoms with E-state index in [1.807, 2.05) is 0 Å². The summed E-state index contributed by atoms with van der Waals surface area (Å²) in [5.74, 6) is 1.66. The molecule has 2 saturated carbocycles. The summed E-state index contributed by atoms with van der Waals surface area (Å²) >= 11 is 5.97. The third kappa shape index (κ3) is 3.08. The molecule has 1 amide bonds. The zero-order valence-corrected chi connectivity index (χ0v) is 13.0. The minimum atomic E-state index is -0.412. The van der Waals surface area contributed by atoms with Gasteiger partial charge in [-0.15, -0.1) is 0 Å². The number of rotatable bonds is 4. The van der Waals surface area contributed by atoms with Gasteiger partial charge in [-0.1, -0.05) is 24.1 Å². The summed E-state index contributed by atoms with van der Waals surface area (Å²) in [7, 11) is 0. The molecule has 0 heterocycles. The number of benzene rings is 1. The molecule has 0 aliphatic heterocycles. The lowest BCUT2D eigenvalue weighted by Gasteiger charge is -2.28. The molecule has 2 nitrogen and oxygen atoms in total. The van der Waals surface area contributed by atoms with Crippen LogP contribution < -0.4 is 5.32 Å². The topological polar surface area (TPSA) is 29.1 Å². The Labute approximate surface area is 130 Å². The molecule has 3 rings (SSSR count). The Morgan fingerprint density at radius 2 is 2.24 bits per heavy atom. The highest BCUT2D eigenvalue weighted by atomic mass is 35.5. The molecule has 0 aromatic heterocycles. The van der Waals surface area contributed by atoms with Gasteiger partial charge in [-0.2, -0.15) is 0 Å². The number of nitrogens with one attached hydrogen (secondary N) is 1. The smallest absolute Gasteiger partial charge is 0.224 e. The molecule has 4 unspecified atom stereocenters. The van der Waals surface area contributed by atoms with Crippen LogP contribution in [0.5, 0.6) is 0 Å². The van der Waals surface area contributed by atoms with E-state index < -0.39 is 5.82 Å². The lowest BCUT2D eigenvalue weighted by Crippen LogP contribution is -2.40. The van der Waals surface area contributed by atoms with Crippen LogP contribution >= 0.6 is 11.6 Å². The number of hydrogen-bond acceptors (Lipinski definition) is 1. The van der Waals surface area contributed by atoms with Gasteiger partial charge in [-0.05, 0) is 56.1 Å². The van der Waals surface area contributed by atoms with Gasteiger partial charge in [0.15, 0.2) is 0 Å². The van der Waals surface area contributed by atoms with E-state index >= 15 is 0 Å². The summed E-state index contributed by atoms with van der Waals surface area (Å²) in [6.45, 7) is 2.08. The number of carbonyl (C=O) groups excluding carboxylic acids is 1. The number of amides is 1. The molecule has 1 aromatic rings. The van der Waals surface area contributed by atoms with Crippen molar-refractivity contribution in [2.45, 2.75) is 45.1 Å². The maximum absolute atomic E-state index is 13.7. The summed E-state index contributed by atoms with van der Waals surface area (Å²) in [5.41, 5.74) is 0.289. The van der Waals surface area contributed by atoms with Gasteiger partial charge in [0.1, 0.15) is 5.82 Å². The van der Waals surface area contributed by atoms with Crippen LogP contribution in [0.2, 0.25) is 5.02 Å². The van der Waals surface area contributed by atoms with E-state index in [-0.39, 0.29) is 23.9 Å². The third-order valence-corrected chi connectivity index (χ3v) is 5.58. The molecular weight excluding hydrogens is 289 g/mol. The minimum absolute atomic E-state index is 0.0106. The summed E-state index contributed by atoms with van der Waals surface area (Å²) in [5, 5.41) is 3.36. The van der Waals surface area contributed by atoms with Crippen molar-refractivity contribution in [3.63, 3.8) is 0 Å². The zero-order valence-electron chi connectivity index (χ0n) is 12.2. The van der Waals surface area contributed by atoms with Gasteiger partial charge in [-0.25, -0.2) is 4.39 Å². The molecule has 2 aliphatic rings. The molecule has 4 atom stereocenters. The van der Waals surface area contributed by atoms with Gasteiger partial charge in [0.05, 0.1) is 6.42 Å². The molecular formula is C17H21ClFNO. The SMILES string of the molecule is CC(NC(=O)Cc1c(F)cccc1Cl)C1CC2CCC1C2. The van der Waals surface area contributed by atoms with Crippen molar-refractivity contribution in [3.8, 4) is 0 Å². The monoisotopic (exact) mass is 309 g/mol. The van der Waals surface area contributed by atoms with E-state index in [4.69, 9.17) is 11.6 Å². The number of halogens is 2. The van der Waals surface area contributed by atoms with E-state index in [9.17, 15) is 9.18 Å². The maximum Gasteiger partial charge on any atom is 0.224 e. The Hall–Kier alpha value is -1.09. The first-order valence-corrected chi connectivity index (χ1v) is 8.14. The summed E-state index contributed by atoms with van der Waals surface area (Å²) < 4.78 is 13.7. The summed E-state index contributed by atoms with van der Waals surface area (Å²) in [6.07, 6.45) is 5.22. The van der Waals surface area contributed by atoms with Gasteiger partial charge in [0.2, 0.25) is 5.91 Å². The molecule has 4 heteroatoms. The largest absolute Gasteiger partial charge is 0.353 e. The van der Waals surface area contributed by atoms with Crippen molar-refractivity contribution >= 4 is 17.5 Å². The van der Waals surface area contributed by atoms with Gasteiger partial charge in [-0.3, -0.25) is 4.79 Å². The molecule has 0 radical (unpaired) electrons. The van der Waals surface area contributed by atoms with Gasteiger partial charge in [0.25, 0.3) is 0 Å². The fraction of sp³-hybridized carbons (Fsp3) is 0.588. The van der Waals surface area contributed by atoms with Gasteiger partial charge < -0.3 is 5.32 Å². The van der Waals surface area contributed by atoms with Crippen molar-refractivity contribution in [2.24, 2.45) is 17.8 Å². The Bertz CT molecular complexity index is 527. The molecule has 0 spiro atoms. The summed E-state index contributed by atoms with van der Waals surface area (Å²) in [4.78, 5) is 12.2. The van der Waals surface area contributed by atoms with Crippen LogP contribution in [0, 0.1) is 23.6 Å². The fourth-order valence-corrected chi connectivity index (χ4v) is 4.41. The van der Waals surface area contributed by atoms with Crippen LogP contribution in [0.4, 0.5) is 4.39 Å². The molecule has 1 aromatic carbocycles. The Balaban J connectivity index is 1.59. The van der Waals surface area contributed by atoms with Crippen molar-refractivity contribution in [1.82, 2.24) is 5.32 Å². The number of carbonyl (C=O) groups is 1. The zero-order chi connectivity index (χ0) is 15.0. The van der Waals surface area contributed by atoms with E-state index in [0.717, 1.165) is 11.8 Å². The molecule has 2 aliphatic carbocycles. The first-order chi connectivity index (χ1) is 10.0. The quantitative estimate of drug-likeness (QED) is 0.896. The van der Waals surface area contributed by atoms with Crippen molar-refractivity contribution in [3.05, 3.63) is 34.6 Å². The van der Waals surface area contributed by atoms with Crippen LogP contribution in [0.3, 0.4) is 0 Å². The van der Waals surface area contributed by atoms with E-state index in [2.05, 4.69) is 12.2 Å². The predicted octanol–water partition coefficient (Wildman–Crippen LogP) is 3.96. The average molecular weight is 310 g/mol. The van der Waals surface area contributed by atoms with Crippen molar-refractivity contribution in [1.29, 1.82) is 0 Å². The molecule has 2 bridgehead atoms. The number of hydrogen-bond donors (Lipinski definition) is 1. The van der Waals surface area contributed by atoms with E-state index in [1.54, 1.807) is 12.1 Å². The van der Waals surface area contributed by atoms with Crippen LogP contribution in [0.15, 0.2) is 18.2 Å². The highest BCUT2D eigenvalue weighted by Crippen LogP contribution is 2.49. The average Bonchev–Trinajstić information content (AvgIpc) is 3.05. The van der Waals surface area contributed by atoms with E-state index in [0.29, 0.717) is 10.9 Å². The molecule has 2 fully saturated rings. The summed E-state index contributed by atoms with van der Waals surface area (Å²) in [6, 6.07) is 4.68. The van der Waals surface area contributed by atoms with Gasteiger partial charge in [0, 0.05) is 16.6 Å². The Morgan fingerprint density at radius 1 is 1.43 bits per heavy atom. The van der Waals surface area contributed by atoms with Crippen molar-refractivity contribution < 1.29 is 9.18 Å². The van der Waals surface area contributed by atoms with Crippen molar-refractivity contribution in [2.75, 3.05) is 0 Å². The lowest BCUT2D eigenvalue weighted by molar-refractivity contribution is -0.121. The first kappa shape index (κ1) is 14.8. The second-order valence-corrected chi connectivity index (χ2v) is 6.98. The van der Waals surface area contributed by atoms with Crippen LogP contribution in [0.1, 0.15) is 38.2 Å².